The molecule has 2 aromatic carbocycles. The van der Waals surface area contributed by atoms with E-state index in [1.54, 1.807) is 20.3 Å². The van der Waals surface area contributed by atoms with Crippen LogP contribution in [0.15, 0.2) is 30.3 Å². The lowest BCUT2D eigenvalue weighted by atomic mass is 9.48. The Hall–Kier alpha value is -2.95. The lowest BCUT2D eigenvalue weighted by Gasteiger charge is -2.57. The SMILES string of the molecule is CCc1c(C=CC(=O)O)cc(OC)c(-c2ccc(O)c(C34CC5CC(CC(C5)C3)C4)c2)c1OC. The summed E-state index contributed by atoms with van der Waals surface area (Å²) in [5, 5.41) is 20.2. The van der Waals surface area contributed by atoms with Gasteiger partial charge in [-0.3, -0.25) is 0 Å². The number of aromatic hydroxyl groups is 1. The van der Waals surface area contributed by atoms with Crippen LogP contribution in [0.4, 0.5) is 0 Å². The molecule has 0 saturated heterocycles. The Morgan fingerprint density at radius 1 is 1.06 bits per heavy atom. The maximum Gasteiger partial charge on any atom is 0.328 e. The molecule has 2 N–H and O–H groups in total. The van der Waals surface area contributed by atoms with Crippen molar-refractivity contribution in [2.75, 3.05) is 14.2 Å². The van der Waals surface area contributed by atoms with Gasteiger partial charge in [-0.05, 0) is 104 Å². The number of aliphatic carboxylic acids is 1. The predicted molar refractivity (Wildman–Crippen MR) is 133 cm³/mol. The zero-order chi connectivity index (χ0) is 24.0. The molecule has 4 fully saturated rings. The van der Waals surface area contributed by atoms with Gasteiger partial charge in [0.15, 0.2) is 0 Å². The smallest absolute Gasteiger partial charge is 0.328 e. The van der Waals surface area contributed by atoms with E-state index >= 15 is 0 Å². The highest BCUT2D eigenvalue weighted by Crippen LogP contribution is 2.62. The van der Waals surface area contributed by atoms with Gasteiger partial charge in [0.05, 0.1) is 19.8 Å². The Morgan fingerprint density at radius 3 is 2.24 bits per heavy atom. The molecule has 0 aromatic heterocycles. The van der Waals surface area contributed by atoms with Crippen molar-refractivity contribution in [1.29, 1.82) is 0 Å². The van der Waals surface area contributed by atoms with Gasteiger partial charge in [0, 0.05) is 17.2 Å². The van der Waals surface area contributed by atoms with Crippen LogP contribution in [0, 0.1) is 17.8 Å². The fraction of sp³-hybridized carbons (Fsp3) is 0.483. The van der Waals surface area contributed by atoms with E-state index in [1.165, 1.54) is 38.5 Å². The van der Waals surface area contributed by atoms with E-state index in [2.05, 4.69) is 6.07 Å². The van der Waals surface area contributed by atoms with Gasteiger partial charge in [0.2, 0.25) is 0 Å². The first kappa shape index (κ1) is 22.8. The molecule has 5 nitrogen and oxygen atoms in total. The summed E-state index contributed by atoms with van der Waals surface area (Å²) in [6.45, 7) is 2.03. The number of ether oxygens (including phenoxy) is 2. The van der Waals surface area contributed by atoms with Crippen molar-refractivity contribution in [2.45, 2.75) is 57.3 Å². The fourth-order valence-corrected chi connectivity index (χ4v) is 7.59. The molecule has 2 aromatic rings. The fourth-order valence-electron chi connectivity index (χ4n) is 7.59. The summed E-state index contributed by atoms with van der Waals surface area (Å²) in [4.78, 5) is 11.1. The summed E-state index contributed by atoms with van der Waals surface area (Å²) in [7, 11) is 3.26. The van der Waals surface area contributed by atoms with Gasteiger partial charge in [-0.2, -0.15) is 0 Å². The van der Waals surface area contributed by atoms with Gasteiger partial charge in [0.25, 0.3) is 0 Å². The Morgan fingerprint density at radius 2 is 1.71 bits per heavy atom. The van der Waals surface area contributed by atoms with Crippen molar-refractivity contribution in [3.63, 3.8) is 0 Å². The second-order valence-electron chi connectivity index (χ2n) is 10.5. The van der Waals surface area contributed by atoms with Gasteiger partial charge in [-0.25, -0.2) is 4.79 Å². The number of benzene rings is 2. The summed E-state index contributed by atoms with van der Waals surface area (Å²) in [5.74, 6) is 3.06. The average Bonchev–Trinajstić information content (AvgIpc) is 2.81. The quantitative estimate of drug-likeness (QED) is 0.479. The zero-order valence-electron chi connectivity index (χ0n) is 20.3. The van der Waals surface area contributed by atoms with Crippen molar-refractivity contribution >= 4 is 12.0 Å². The van der Waals surface area contributed by atoms with E-state index in [0.717, 1.165) is 51.6 Å². The molecule has 180 valence electrons. The van der Waals surface area contributed by atoms with Crippen molar-refractivity contribution in [2.24, 2.45) is 17.8 Å². The molecule has 0 heterocycles. The summed E-state index contributed by atoms with van der Waals surface area (Å²) >= 11 is 0. The van der Waals surface area contributed by atoms with E-state index in [0.29, 0.717) is 23.7 Å². The van der Waals surface area contributed by atoms with Crippen molar-refractivity contribution in [3.8, 4) is 28.4 Å². The number of hydrogen-bond donors (Lipinski definition) is 2. The molecule has 0 amide bonds. The highest BCUT2D eigenvalue weighted by atomic mass is 16.5. The predicted octanol–water partition coefficient (Wildman–Crippen LogP) is 6.20. The number of carboxylic acids is 1. The second kappa shape index (κ2) is 8.68. The van der Waals surface area contributed by atoms with Crippen LogP contribution in [-0.4, -0.2) is 30.4 Å². The minimum absolute atomic E-state index is 0.0626. The lowest BCUT2D eigenvalue weighted by molar-refractivity contribution is -0.131. The van der Waals surface area contributed by atoms with Crippen LogP contribution in [-0.2, 0) is 16.6 Å². The molecule has 6 rings (SSSR count). The van der Waals surface area contributed by atoms with Crippen molar-refractivity contribution in [1.82, 2.24) is 0 Å². The normalized spacial score (nSPS) is 27.3. The highest BCUT2D eigenvalue weighted by molar-refractivity contribution is 5.88. The third-order valence-electron chi connectivity index (χ3n) is 8.46. The molecule has 0 atom stereocenters. The van der Waals surface area contributed by atoms with Crippen LogP contribution in [0.1, 0.15) is 62.1 Å². The molecular weight excluding hydrogens is 428 g/mol. The number of carbonyl (C=O) groups is 1. The molecule has 0 spiro atoms. The number of hydrogen-bond acceptors (Lipinski definition) is 4. The van der Waals surface area contributed by atoms with Gasteiger partial charge in [-0.1, -0.05) is 13.0 Å². The number of phenolic OH excluding ortho intramolecular Hbond substituents is 1. The Bertz CT molecular complexity index is 1110. The summed E-state index contributed by atoms with van der Waals surface area (Å²) < 4.78 is 11.7. The molecule has 4 bridgehead atoms. The maximum atomic E-state index is 11.1. The molecule has 34 heavy (non-hydrogen) atoms. The summed E-state index contributed by atoms with van der Waals surface area (Å²) in [6, 6.07) is 7.81. The van der Waals surface area contributed by atoms with E-state index in [1.807, 2.05) is 25.1 Å². The van der Waals surface area contributed by atoms with Gasteiger partial charge < -0.3 is 19.7 Å². The molecule has 5 heteroatoms. The first-order chi connectivity index (χ1) is 16.4. The van der Waals surface area contributed by atoms with Gasteiger partial charge in [-0.15, -0.1) is 0 Å². The molecule has 4 aliphatic rings. The molecule has 4 aliphatic carbocycles. The minimum Gasteiger partial charge on any atom is -0.508 e. The van der Waals surface area contributed by atoms with E-state index in [9.17, 15) is 9.90 Å². The van der Waals surface area contributed by atoms with Crippen LogP contribution in [0.25, 0.3) is 17.2 Å². The van der Waals surface area contributed by atoms with Gasteiger partial charge in [0.1, 0.15) is 17.2 Å². The Labute approximate surface area is 201 Å². The first-order valence-electron chi connectivity index (χ1n) is 12.4. The topological polar surface area (TPSA) is 76.0 Å². The second-order valence-corrected chi connectivity index (χ2v) is 10.5. The molecule has 0 radical (unpaired) electrons. The summed E-state index contributed by atoms with van der Waals surface area (Å²) in [5.41, 5.74) is 4.64. The van der Waals surface area contributed by atoms with E-state index in [-0.39, 0.29) is 5.41 Å². The van der Waals surface area contributed by atoms with Crippen molar-refractivity contribution in [3.05, 3.63) is 47.0 Å². The average molecular weight is 463 g/mol. The Balaban J connectivity index is 1.65. The van der Waals surface area contributed by atoms with E-state index in [4.69, 9.17) is 14.6 Å². The van der Waals surface area contributed by atoms with Crippen LogP contribution in [0.2, 0.25) is 0 Å². The minimum atomic E-state index is -0.997. The molecule has 0 aliphatic heterocycles. The number of phenols is 1. The number of rotatable bonds is 7. The lowest BCUT2D eigenvalue weighted by Crippen LogP contribution is -2.48. The third-order valence-corrected chi connectivity index (χ3v) is 8.46. The standard InChI is InChI=1S/C29H34O5/c1-4-22-20(6-8-26(31)32)13-25(33-2)27(28(22)34-3)21-5-7-24(30)23(12-21)29-14-17-9-18(15-29)11-19(10-17)16-29/h5-8,12-13,17-19,30H,4,9-11,14-16H2,1-3H3,(H,31,32). The Kier molecular flexibility index (Phi) is 5.83. The summed E-state index contributed by atoms with van der Waals surface area (Å²) in [6.07, 6.45) is 11.0. The molecule has 0 unspecified atom stereocenters. The van der Waals surface area contributed by atoms with Crippen LogP contribution < -0.4 is 9.47 Å². The van der Waals surface area contributed by atoms with Crippen molar-refractivity contribution < 1.29 is 24.5 Å². The van der Waals surface area contributed by atoms with Crippen LogP contribution in [0.3, 0.4) is 0 Å². The highest BCUT2D eigenvalue weighted by Gasteiger charge is 2.52. The van der Waals surface area contributed by atoms with Crippen LogP contribution >= 0.6 is 0 Å². The third kappa shape index (κ3) is 3.75. The molecular formula is C29H34O5. The number of carboxylic acid groups (broad SMARTS) is 1. The first-order valence-corrected chi connectivity index (χ1v) is 12.4. The zero-order valence-corrected chi connectivity index (χ0v) is 20.3. The maximum absolute atomic E-state index is 11.1. The monoisotopic (exact) mass is 462 g/mol. The molecule has 4 saturated carbocycles. The van der Waals surface area contributed by atoms with E-state index < -0.39 is 5.97 Å². The van der Waals surface area contributed by atoms with Gasteiger partial charge >= 0.3 is 5.97 Å². The largest absolute Gasteiger partial charge is 0.508 e. The van der Waals surface area contributed by atoms with Crippen LogP contribution in [0.5, 0.6) is 17.2 Å². The number of methoxy groups -OCH3 is 2.